The van der Waals surface area contributed by atoms with E-state index in [4.69, 9.17) is 28.9 Å². The van der Waals surface area contributed by atoms with E-state index in [1.165, 1.54) is 6.07 Å². The number of aromatic hydroxyl groups is 1. The van der Waals surface area contributed by atoms with Crippen molar-refractivity contribution in [3.8, 4) is 5.75 Å². The zero-order valence-corrected chi connectivity index (χ0v) is 11.2. The molecule has 0 aliphatic heterocycles. The minimum Gasteiger partial charge on any atom is -0.508 e. The smallest absolute Gasteiger partial charge is 0.122 e. The maximum atomic E-state index is 9.97. The maximum Gasteiger partial charge on any atom is 0.122 e. The van der Waals surface area contributed by atoms with Crippen molar-refractivity contribution in [2.45, 2.75) is 12.5 Å². The molecule has 1 unspecified atom stereocenters. The quantitative estimate of drug-likeness (QED) is 0.888. The van der Waals surface area contributed by atoms with Gasteiger partial charge in [-0.25, -0.2) is 0 Å². The summed E-state index contributed by atoms with van der Waals surface area (Å²) in [4.78, 5) is 3.94. The molecule has 1 atom stereocenters. The van der Waals surface area contributed by atoms with Gasteiger partial charge < -0.3 is 10.8 Å². The molecule has 1 aromatic heterocycles. The summed E-state index contributed by atoms with van der Waals surface area (Å²) >= 11 is 11.8. The molecule has 94 valence electrons. The Morgan fingerprint density at radius 3 is 2.33 bits per heavy atom. The predicted octanol–water partition coefficient (Wildman–Crippen LogP) is 3.32. The van der Waals surface area contributed by atoms with Crippen molar-refractivity contribution in [2.24, 2.45) is 5.73 Å². The third kappa shape index (κ3) is 2.29. The normalized spacial score (nSPS) is 14.2. The van der Waals surface area contributed by atoms with Crippen molar-refractivity contribution in [3.63, 3.8) is 0 Å². The SMILES string of the molecule is CC(N)(c1ccncc1)c1cc(Cl)c(Cl)cc1O. The van der Waals surface area contributed by atoms with Crippen molar-refractivity contribution in [1.82, 2.24) is 4.98 Å². The Balaban J connectivity index is 2.58. The van der Waals surface area contributed by atoms with Crippen LogP contribution in [-0.2, 0) is 5.54 Å². The van der Waals surface area contributed by atoms with Gasteiger partial charge in [0, 0.05) is 24.0 Å². The number of nitrogens with zero attached hydrogens (tertiary/aromatic N) is 1. The van der Waals surface area contributed by atoms with Crippen LogP contribution in [0.15, 0.2) is 36.7 Å². The second-order valence-corrected chi connectivity index (χ2v) is 5.04. The highest BCUT2D eigenvalue weighted by Crippen LogP contribution is 2.37. The minimum absolute atomic E-state index is 0.0196. The van der Waals surface area contributed by atoms with Crippen molar-refractivity contribution < 1.29 is 5.11 Å². The van der Waals surface area contributed by atoms with E-state index in [1.807, 2.05) is 0 Å². The summed E-state index contributed by atoms with van der Waals surface area (Å²) in [5.74, 6) is 0.0196. The van der Waals surface area contributed by atoms with Crippen LogP contribution >= 0.6 is 23.2 Å². The van der Waals surface area contributed by atoms with Gasteiger partial charge in [0.25, 0.3) is 0 Å². The molecule has 0 aliphatic rings. The summed E-state index contributed by atoms with van der Waals surface area (Å²) in [5.41, 5.74) is 6.76. The largest absolute Gasteiger partial charge is 0.508 e. The van der Waals surface area contributed by atoms with E-state index < -0.39 is 5.54 Å². The maximum absolute atomic E-state index is 9.97. The average molecular weight is 283 g/mol. The lowest BCUT2D eigenvalue weighted by molar-refractivity contribution is 0.449. The van der Waals surface area contributed by atoms with Crippen molar-refractivity contribution in [1.29, 1.82) is 0 Å². The van der Waals surface area contributed by atoms with Gasteiger partial charge in [-0.05, 0) is 30.7 Å². The number of hydrogen-bond acceptors (Lipinski definition) is 3. The third-order valence-corrected chi connectivity index (χ3v) is 3.60. The van der Waals surface area contributed by atoms with E-state index in [1.54, 1.807) is 37.5 Å². The third-order valence-electron chi connectivity index (χ3n) is 2.88. The van der Waals surface area contributed by atoms with Crippen molar-refractivity contribution >= 4 is 23.2 Å². The van der Waals surface area contributed by atoms with Gasteiger partial charge >= 0.3 is 0 Å². The summed E-state index contributed by atoms with van der Waals surface area (Å²) in [6.45, 7) is 1.79. The number of hydrogen-bond donors (Lipinski definition) is 2. The van der Waals surface area contributed by atoms with E-state index in [9.17, 15) is 5.11 Å². The molecule has 5 heteroatoms. The Morgan fingerprint density at radius 1 is 1.17 bits per heavy atom. The lowest BCUT2D eigenvalue weighted by Crippen LogP contribution is -2.34. The summed E-state index contributed by atoms with van der Waals surface area (Å²) in [6, 6.07) is 6.56. The zero-order valence-electron chi connectivity index (χ0n) is 9.69. The number of aromatic nitrogens is 1. The summed E-state index contributed by atoms with van der Waals surface area (Å²) in [7, 11) is 0. The number of pyridine rings is 1. The number of benzene rings is 1. The minimum atomic E-state index is -0.874. The van der Waals surface area contributed by atoms with Crippen molar-refractivity contribution in [3.05, 3.63) is 57.8 Å². The van der Waals surface area contributed by atoms with Crippen LogP contribution < -0.4 is 5.73 Å². The molecule has 3 nitrogen and oxygen atoms in total. The highest BCUT2D eigenvalue weighted by Gasteiger charge is 2.27. The molecule has 18 heavy (non-hydrogen) atoms. The number of halogens is 2. The molecule has 0 spiro atoms. The molecular formula is C13H12Cl2N2O. The average Bonchev–Trinajstić information content (AvgIpc) is 2.34. The standard InChI is InChI=1S/C13H12Cl2N2O/c1-13(16,8-2-4-17-5-3-8)9-6-10(14)11(15)7-12(9)18/h2-7,18H,16H2,1H3. The molecular weight excluding hydrogens is 271 g/mol. The second kappa shape index (κ2) is 4.76. The highest BCUT2D eigenvalue weighted by molar-refractivity contribution is 6.42. The number of rotatable bonds is 2. The van der Waals surface area contributed by atoms with Crippen LogP contribution in [0.1, 0.15) is 18.1 Å². The Bertz CT molecular complexity index is 571. The fourth-order valence-corrected chi connectivity index (χ4v) is 2.13. The Labute approximate surface area is 115 Å². The first-order valence-electron chi connectivity index (χ1n) is 5.31. The van der Waals surface area contributed by atoms with Gasteiger partial charge in [-0.1, -0.05) is 23.2 Å². The summed E-state index contributed by atoms with van der Waals surface area (Å²) in [5, 5.41) is 10.6. The molecule has 0 bridgehead atoms. The fraction of sp³-hybridized carbons (Fsp3) is 0.154. The first-order valence-corrected chi connectivity index (χ1v) is 6.06. The van der Waals surface area contributed by atoms with Gasteiger partial charge in [0.05, 0.1) is 15.6 Å². The Morgan fingerprint density at radius 2 is 1.72 bits per heavy atom. The molecule has 2 aromatic rings. The lowest BCUT2D eigenvalue weighted by atomic mass is 9.85. The highest BCUT2D eigenvalue weighted by atomic mass is 35.5. The Kier molecular flexibility index (Phi) is 3.48. The molecule has 2 rings (SSSR count). The molecule has 0 saturated carbocycles. The second-order valence-electron chi connectivity index (χ2n) is 4.22. The number of phenols is 1. The Hall–Kier alpha value is -1.29. The van der Waals surface area contributed by atoms with Crippen LogP contribution in [0.5, 0.6) is 5.75 Å². The van der Waals surface area contributed by atoms with E-state index in [0.29, 0.717) is 15.6 Å². The first kappa shape index (κ1) is 13.1. The van der Waals surface area contributed by atoms with Crippen LogP contribution in [0.3, 0.4) is 0 Å². The van der Waals surface area contributed by atoms with Gasteiger partial charge in [0.1, 0.15) is 5.75 Å². The van der Waals surface area contributed by atoms with Gasteiger partial charge in [-0.3, -0.25) is 4.98 Å². The lowest BCUT2D eigenvalue weighted by Gasteiger charge is -2.27. The van der Waals surface area contributed by atoms with Crippen LogP contribution in [0, 0.1) is 0 Å². The molecule has 0 saturated heterocycles. The molecule has 0 fully saturated rings. The first-order chi connectivity index (χ1) is 8.43. The molecule has 0 aliphatic carbocycles. The van der Waals surface area contributed by atoms with E-state index in [2.05, 4.69) is 4.98 Å². The fourth-order valence-electron chi connectivity index (χ4n) is 1.81. The summed E-state index contributed by atoms with van der Waals surface area (Å²) < 4.78 is 0. The molecule has 1 heterocycles. The van der Waals surface area contributed by atoms with Gasteiger partial charge in [-0.15, -0.1) is 0 Å². The predicted molar refractivity (Wildman–Crippen MR) is 73.0 cm³/mol. The van der Waals surface area contributed by atoms with Crippen LogP contribution in [0.4, 0.5) is 0 Å². The zero-order chi connectivity index (χ0) is 13.3. The van der Waals surface area contributed by atoms with Crippen LogP contribution in [0.2, 0.25) is 10.0 Å². The monoisotopic (exact) mass is 282 g/mol. The summed E-state index contributed by atoms with van der Waals surface area (Å²) in [6.07, 6.45) is 3.30. The topological polar surface area (TPSA) is 59.1 Å². The van der Waals surface area contributed by atoms with Crippen LogP contribution in [-0.4, -0.2) is 10.1 Å². The van der Waals surface area contributed by atoms with E-state index >= 15 is 0 Å². The number of phenolic OH excluding ortho intramolecular Hbond substituents is 1. The molecule has 3 N–H and O–H groups in total. The molecule has 0 radical (unpaired) electrons. The van der Waals surface area contributed by atoms with Crippen molar-refractivity contribution in [2.75, 3.05) is 0 Å². The van der Waals surface area contributed by atoms with E-state index in [0.717, 1.165) is 5.56 Å². The van der Waals surface area contributed by atoms with Gasteiger partial charge in [0.2, 0.25) is 0 Å². The number of nitrogens with two attached hydrogens (primary N) is 1. The molecule has 0 amide bonds. The van der Waals surface area contributed by atoms with Gasteiger partial charge in [0.15, 0.2) is 0 Å². The van der Waals surface area contributed by atoms with E-state index in [-0.39, 0.29) is 5.75 Å². The van der Waals surface area contributed by atoms with Gasteiger partial charge in [-0.2, -0.15) is 0 Å². The van der Waals surface area contributed by atoms with Crippen LogP contribution in [0.25, 0.3) is 0 Å². The molecule has 1 aromatic carbocycles.